The zero-order chi connectivity index (χ0) is 31.4. The summed E-state index contributed by atoms with van der Waals surface area (Å²) in [4.78, 5) is 10.5. The van der Waals surface area contributed by atoms with E-state index in [0.717, 1.165) is 18.8 Å². The molecule has 0 aromatic carbocycles. The van der Waals surface area contributed by atoms with E-state index in [1.807, 2.05) is 48.6 Å². The first-order chi connectivity index (χ1) is 21.3. The number of nitrogens with one attached hydrogen (secondary N) is 1. The Morgan fingerprint density at radius 3 is 1.73 bits per heavy atom. The van der Waals surface area contributed by atoms with Crippen LogP contribution >= 0.6 is 58.2 Å². The minimum atomic E-state index is -0.0194. The van der Waals surface area contributed by atoms with E-state index in [2.05, 4.69) is 31.5 Å². The van der Waals surface area contributed by atoms with Crippen LogP contribution in [0.25, 0.3) is 34.4 Å². The summed E-state index contributed by atoms with van der Waals surface area (Å²) in [6, 6.07) is 14.6. The molecule has 4 aromatic rings. The third-order valence-electron chi connectivity index (χ3n) is 5.91. The quantitative estimate of drug-likeness (QED) is 0.211. The third kappa shape index (κ3) is 5.82. The first-order valence-electron chi connectivity index (χ1n) is 11.9. The molecular formula is C28H12N10S6. The number of nitrogens with two attached hydrogens (primary N) is 1. The Kier molecular flexibility index (Phi) is 9.14. The molecule has 0 amide bonds. The second-order valence-electron chi connectivity index (χ2n) is 8.45. The highest BCUT2D eigenvalue weighted by molar-refractivity contribution is 7.79. The lowest BCUT2D eigenvalue weighted by Gasteiger charge is -2.21. The Bertz CT molecular complexity index is 2370. The highest BCUT2D eigenvalue weighted by atomic mass is 32.1. The molecule has 44 heavy (non-hydrogen) atoms. The summed E-state index contributed by atoms with van der Waals surface area (Å²) in [5.41, 5.74) is 7.91. The molecule has 0 radical (unpaired) electrons. The SMILES string of the molecule is N#CC(C#N)=c1cc/c(=C/c2cnc(C3=C(N)C(N=S)=C(c4ncc(/C=c5/ccc(=C(C#N)C#N)s5)s4)C(=N)C3=NS)s2)s1. The predicted octanol–water partition coefficient (Wildman–Crippen LogP) is 2.91. The minimum absolute atomic E-state index is 0.0194. The van der Waals surface area contributed by atoms with Crippen LogP contribution in [0.1, 0.15) is 19.8 Å². The molecular weight excluding hydrogens is 669 g/mol. The number of nitrogens with zero attached hydrogens (tertiary/aromatic N) is 8. The summed E-state index contributed by atoms with van der Waals surface area (Å²) >= 11 is 14.5. The minimum Gasteiger partial charge on any atom is -0.396 e. The smallest absolute Gasteiger partial charge is 0.146 e. The number of hydrogen-bond acceptors (Lipinski definition) is 16. The normalized spacial score (nSPS) is 14.8. The molecule has 1 aliphatic rings. The Morgan fingerprint density at radius 1 is 0.818 bits per heavy atom. The molecule has 0 aliphatic heterocycles. The van der Waals surface area contributed by atoms with Gasteiger partial charge in [0.2, 0.25) is 0 Å². The zero-order valence-electron chi connectivity index (χ0n) is 21.8. The summed E-state index contributed by atoms with van der Waals surface area (Å²) in [6.45, 7) is 0. The van der Waals surface area contributed by atoms with Gasteiger partial charge in [-0.25, -0.2) is 14.4 Å². The molecule has 1 aliphatic carbocycles. The van der Waals surface area contributed by atoms with Gasteiger partial charge in [0.15, 0.2) is 0 Å². The van der Waals surface area contributed by atoms with Crippen LogP contribution in [0.2, 0.25) is 0 Å². The summed E-state index contributed by atoms with van der Waals surface area (Å²) in [6.07, 6.45) is 7.02. The van der Waals surface area contributed by atoms with E-state index in [-0.39, 0.29) is 34.0 Å². The maximum Gasteiger partial charge on any atom is 0.146 e. The van der Waals surface area contributed by atoms with Crippen molar-refractivity contribution in [2.24, 2.45) is 14.5 Å². The van der Waals surface area contributed by atoms with Crippen LogP contribution in [0.5, 0.6) is 0 Å². The highest BCUT2D eigenvalue weighted by Gasteiger charge is 2.34. The molecule has 5 rings (SSSR count). The van der Waals surface area contributed by atoms with Gasteiger partial charge in [-0.3, -0.25) is 5.41 Å². The van der Waals surface area contributed by atoms with Gasteiger partial charge in [-0.2, -0.15) is 25.4 Å². The van der Waals surface area contributed by atoms with Crippen LogP contribution in [0.15, 0.2) is 56.8 Å². The third-order valence-corrected chi connectivity index (χ3v) is 10.3. The van der Waals surface area contributed by atoms with Crippen molar-refractivity contribution >= 4 is 116 Å². The van der Waals surface area contributed by atoms with Gasteiger partial charge in [-0.05, 0) is 49.2 Å². The van der Waals surface area contributed by atoms with Gasteiger partial charge < -0.3 is 5.73 Å². The molecule has 0 saturated heterocycles. The molecule has 210 valence electrons. The molecule has 0 fully saturated rings. The van der Waals surface area contributed by atoms with Gasteiger partial charge in [-0.15, -0.1) is 45.3 Å². The zero-order valence-corrected chi connectivity index (χ0v) is 26.7. The molecule has 3 N–H and O–H groups in total. The molecule has 0 bridgehead atoms. The summed E-state index contributed by atoms with van der Waals surface area (Å²) < 4.78 is 10.9. The number of rotatable bonds is 5. The Hall–Kier alpha value is -4.91. The van der Waals surface area contributed by atoms with Gasteiger partial charge in [0, 0.05) is 43.6 Å². The lowest BCUT2D eigenvalue weighted by molar-refractivity contribution is 1.25. The molecule has 10 nitrogen and oxygen atoms in total. The number of thiophene rings is 2. The van der Waals surface area contributed by atoms with Crippen LogP contribution in [-0.2, 0) is 12.4 Å². The fourth-order valence-electron chi connectivity index (χ4n) is 3.98. The number of thiazole rings is 2. The van der Waals surface area contributed by atoms with E-state index < -0.39 is 0 Å². The number of hydrogen-bond donors (Lipinski definition) is 3. The van der Waals surface area contributed by atoms with Crippen LogP contribution in [0.4, 0.5) is 0 Å². The fraction of sp³-hybridized carbons (Fsp3) is 0. The van der Waals surface area contributed by atoms with Crippen molar-refractivity contribution in [2.45, 2.75) is 0 Å². The maximum absolute atomic E-state index is 9.13. The summed E-state index contributed by atoms with van der Waals surface area (Å²) in [5.74, 6) is 0. The van der Waals surface area contributed by atoms with Crippen molar-refractivity contribution in [3.63, 3.8) is 0 Å². The molecule has 16 heteroatoms. The molecule has 4 aromatic heterocycles. The molecule has 0 saturated carbocycles. The average Bonchev–Trinajstić information content (AvgIpc) is 3.85. The second-order valence-corrected chi connectivity index (χ2v) is 13.2. The van der Waals surface area contributed by atoms with Crippen molar-refractivity contribution < 1.29 is 0 Å². The van der Waals surface area contributed by atoms with Crippen LogP contribution < -0.4 is 23.9 Å². The standard InChI is InChI=1S/C28H12N10S6/c29-7-13(8-30)19-3-1-15(41-19)5-17-11-35-27(43-17)21-23(33)26(38-40)22(24(34)25(21)37-39)28-36-12-18(44-28)6-16-2-4-20(42-16)14(9-31)10-32/h1-6,11-12,33,40H,34H2/b15-5-,16-6-,33-23?,38-26?. The van der Waals surface area contributed by atoms with E-state index in [4.69, 9.17) is 44.6 Å². The first kappa shape index (κ1) is 30.5. The van der Waals surface area contributed by atoms with E-state index in [0.29, 0.717) is 30.2 Å². The van der Waals surface area contributed by atoms with E-state index in [1.54, 1.807) is 24.5 Å². The number of allylic oxidation sites excluding steroid dienone is 2. The highest BCUT2D eigenvalue weighted by Crippen LogP contribution is 2.38. The van der Waals surface area contributed by atoms with Crippen molar-refractivity contribution in [3.8, 4) is 24.3 Å². The van der Waals surface area contributed by atoms with Gasteiger partial charge in [-0.1, -0.05) is 0 Å². The first-order valence-corrected chi connectivity index (χ1v) is 15.9. The monoisotopic (exact) mass is 680 g/mol. The average molecular weight is 681 g/mol. The fourth-order valence-corrected chi connectivity index (χ4v) is 8.18. The van der Waals surface area contributed by atoms with Crippen LogP contribution in [-0.4, -0.2) is 21.4 Å². The number of aromatic nitrogens is 2. The predicted molar refractivity (Wildman–Crippen MR) is 180 cm³/mol. The van der Waals surface area contributed by atoms with E-state index in [1.165, 1.54) is 45.3 Å². The van der Waals surface area contributed by atoms with Crippen molar-refractivity contribution in [2.75, 3.05) is 0 Å². The summed E-state index contributed by atoms with van der Waals surface area (Å²) in [7, 11) is 0. The van der Waals surface area contributed by atoms with Gasteiger partial charge in [0.05, 0.1) is 31.6 Å². The van der Waals surface area contributed by atoms with Crippen molar-refractivity contribution in [1.29, 1.82) is 26.5 Å². The maximum atomic E-state index is 9.13. The van der Waals surface area contributed by atoms with Crippen LogP contribution in [0, 0.1) is 50.7 Å². The topological polar surface area (TPSA) is 196 Å². The Morgan fingerprint density at radius 2 is 1.30 bits per heavy atom. The van der Waals surface area contributed by atoms with Crippen LogP contribution in [0.3, 0.4) is 0 Å². The van der Waals surface area contributed by atoms with Gasteiger partial charge in [0.1, 0.15) is 56.8 Å². The van der Waals surface area contributed by atoms with Gasteiger partial charge in [0.25, 0.3) is 0 Å². The number of thiol groups is 1. The van der Waals surface area contributed by atoms with E-state index in [9.17, 15) is 0 Å². The summed E-state index contributed by atoms with van der Waals surface area (Å²) in [5, 5.41) is 46.5. The molecule has 0 unspecified atom stereocenters. The lowest BCUT2D eigenvalue weighted by Crippen LogP contribution is -2.26. The Balaban J connectivity index is 1.56. The number of nitriles is 4. The van der Waals surface area contributed by atoms with Crippen molar-refractivity contribution in [3.05, 3.63) is 86.0 Å². The van der Waals surface area contributed by atoms with Gasteiger partial charge >= 0.3 is 0 Å². The van der Waals surface area contributed by atoms with E-state index >= 15 is 0 Å². The lowest BCUT2D eigenvalue weighted by atomic mass is 9.90. The molecule has 0 atom stereocenters. The van der Waals surface area contributed by atoms with Crippen molar-refractivity contribution in [1.82, 2.24) is 9.97 Å². The molecule has 0 spiro atoms. The molecule has 4 heterocycles. The largest absolute Gasteiger partial charge is 0.396 e. The Labute approximate surface area is 275 Å². The second kappa shape index (κ2) is 13.2.